The van der Waals surface area contributed by atoms with Crippen LogP contribution in [-0.2, 0) is 20.8 Å². The first-order valence-electron chi connectivity index (χ1n) is 10.6. The lowest BCUT2D eigenvalue weighted by Gasteiger charge is -2.29. The highest BCUT2D eigenvalue weighted by Crippen LogP contribution is 2.38. The summed E-state index contributed by atoms with van der Waals surface area (Å²) in [5.74, 6) is -3.94. The van der Waals surface area contributed by atoms with Crippen molar-refractivity contribution in [2.45, 2.75) is 31.9 Å². The molecule has 0 unspecified atom stereocenters. The summed E-state index contributed by atoms with van der Waals surface area (Å²) in [6.07, 6.45) is 0.342. The molecule has 1 aliphatic rings. The van der Waals surface area contributed by atoms with Gasteiger partial charge in [0, 0.05) is 41.9 Å². The van der Waals surface area contributed by atoms with Crippen LogP contribution in [0.3, 0.4) is 0 Å². The Bertz CT molecular complexity index is 1150. The Balaban J connectivity index is 0.000000493. The van der Waals surface area contributed by atoms with Gasteiger partial charge in [-0.25, -0.2) is 18.4 Å². The zero-order valence-electron chi connectivity index (χ0n) is 19.4. The number of aliphatic carboxylic acids is 2. The van der Waals surface area contributed by atoms with Gasteiger partial charge in [0.25, 0.3) is 5.91 Å². The summed E-state index contributed by atoms with van der Waals surface area (Å²) in [6.45, 7) is 3.57. The number of aliphatic hydroxyl groups excluding tert-OH is 1. The average Bonchev–Trinajstić information content (AvgIpc) is 2.77. The summed E-state index contributed by atoms with van der Waals surface area (Å²) in [5.41, 5.74) is 0.365. The van der Waals surface area contributed by atoms with Crippen LogP contribution in [-0.4, -0.2) is 57.0 Å². The number of hydrogen-bond acceptors (Lipinski definition) is 7. The van der Waals surface area contributed by atoms with Crippen LogP contribution < -0.4 is 15.4 Å². The molecule has 6 N–H and O–H groups in total. The number of aromatic hydroxyl groups is 1. The summed E-state index contributed by atoms with van der Waals surface area (Å²) in [5, 5.41) is 41.8. The Morgan fingerprint density at radius 2 is 1.81 bits per heavy atom. The second-order valence-corrected chi connectivity index (χ2v) is 8.45. The number of β-amino-alcohol motifs (C(OH)–C–C–N with tert-alkyl or cyclic N) is 1. The van der Waals surface area contributed by atoms with E-state index in [0.29, 0.717) is 29.0 Å². The first kappa shape index (κ1) is 28.2. The second kappa shape index (κ2) is 12.1. The third-order valence-electron chi connectivity index (χ3n) is 4.87. The van der Waals surface area contributed by atoms with E-state index < -0.39 is 35.2 Å². The quantitative estimate of drug-likeness (QED) is 0.294. The molecule has 194 valence electrons. The van der Waals surface area contributed by atoms with Gasteiger partial charge in [-0.3, -0.25) is 4.79 Å². The van der Waals surface area contributed by atoms with Crippen LogP contribution in [0.25, 0.3) is 0 Å². The van der Waals surface area contributed by atoms with E-state index in [9.17, 15) is 33.4 Å². The third kappa shape index (κ3) is 8.64. The topological polar surface area (TPSA) is 165 Å². The third-order valence-corrected chi connectivity index (χ3v) is 4.87. The maximum Gasteiger partial charge on any atom is 0.328 e. The van der Waals surface area contributed by atoms with Gasteiger partial charge < -0.3 is 35.8 Å². The molecule has 12 heteroatoms. The van der Waals surface area contributed by atoms with Gasteiger partial charge in [-0.05, 0) is 38.0 Å². The molecule has 2 aromatic rings. The number of hydrogen-bond donors (Lipinski definition) is 6. The highest BCUT2D eigenvalue weighted by atomic mass is 19.1. The number of phenolic OH excluding ortho intramolecular Hbond substituents is 1. The molecule has 2 aromatic carbocycles. The second-order valence-electron chi connectivity index (χ2n) is 8.45. The van der Waals surface area contributed by atoms with E-state index in [2.05, 4.69) is 10.6 Å². The normalized spacial score (nSPS) is 13.6. The number of rotatable bonds is 8. The standard InChI is InChI=1S/C20H22F2N2O4.C4H4O4/c1-20(2,8-11-3-4-12(21)5-15(11)22)23-9-17(26)14-6-13(25)7-16-19(14)28-10-18(27)24-16;5-3(6)1-2-4(7)8/h3-7,17,23,25-26H,8-10H2,1-2H3,(H,24,27);1-2H,(H,5,6)(H,7,8)/b;2-1-/t17-;/m0./s1. The van der Waals surface area contributed by atoms with Gasteiger partial charge >= 0.3 is 11.9 Å². The van der Waals surface area contributed by atoms with Crippen molar-refractivity contribution in [1.29, 1.82) is 0 Å². The first-order chi connectivity index (χ1) is 16.8. The van der Waals surface area contributed by atoms with Crippen LogP contribution in [0, 0.1) is 11.6 Å². The van der Waals surface area contributed by atoms with Crippen molar-refractivity contribution in [3.63, 3.8) is 0 Å². The molecule has 0 radical (unpaired) electrons. The molecule has 0 bridgehead atoms. The Labute approximate surface area is 204 Å². The van der Waals surface area contributed by atoms with Crippen LogP contribution in [0.4, 0.5) is 14.5 Å². The number of carbonyl (C=O) groups excluding carboxylic acids is 1. The molecule has 1 heterocycles. The number of fused-ring (bicyclic) bond motifs is 1. The Hall–Kier alpha value is -4.03. The highest BCUT2D eigenvalue weighted by molar-refractivity contribution is 5.96. The number of anilines is 1. The zero-order chi connectivity index (χ0) is 27.0. The lowest BCUT2D eigenvalue weighted by atomic mass is 9.94. The number of amides is 1. The van der Waals surface area contributed by atoms with Crippen molar-refractivity contribution in [3.8, 4) is 11.5 Å². The molecular formula is C24H26F2N2O8. The van der Waals surface area contributed by atoms with Gasteiger partial charge in [0.15, 0.2) is 6.61 Å². The Morgan fingerprint density at radius 3 is 2.39 bits per heavy atom. The SMILES string of the molecule is CC(C)(Cc1ccc(F)cc1F)NC[C@H](O)c1cc(O)cc2c1OCC(=O)N2.O=C(O)/C=C\C(=O)O. The molecule has 1 amide bonds. The van der Waals surface area contributed by atoms with Crippen LogP contribution in [0.2, 0.25) is 0 Å². The van der Waals surface area contributed by atoms with Crippen molar-refractivity contribution in [2.75, 3.05) is 18.5 Å². The number of carbonyl (C=O) groups is 3. The average molecular weight is 508 g/mol. The number of carboxylic acids is 2. The maximum atomic E-state index is 13.9. The Morgan fingerprint density at radius 1 is 1.17 bits per heavy atom. The fourth-order valence-electron chi connectivity index (χ4n) is 3.29. The first-order valence-corrected chi connectivity index (χ1v) is 10.6. The van der Waals surface area contributed by atoms with Gasteiger partial charge in [-0.1, -0.05) is 6.07 Å². The molecule has 3 rings (SSSR count). The minimum absolute atomic E-state index is 0.0863. The predicted molar refractivity (Wildman–Crippen MR) is 124 cm³/mol. The number of benzene rings is 2. The van der Waals surface area contributed by atoms with E-state index in [1.165, 1.54) is 24.3 Å². The number of phenols is 1. The molecule has 0 aromatic heterocycles. The van der Waals surface area contributed by atoms with Gasteiger partial charge in [-0.2, -0.15) is 0 Å². The number of aliphatic hydroxyl groups is 1. The monoisotopic (exact) mass is 508 g/mol. The molecule has 0 aliphatic carbocycles. The van der Waals surface area contributed by atoms with Crippen LogP contribution in [0.1, 0.15) is 31.1 Å². The fraction of sp³-hybridized carbons (Fsp3) is 0.292. The van der Waals surface area contributed by atoms with E-state index in [0.717, 1.165) is 6.07 Å². The van der Waals surface area contributed by atoms with Gasteiger partial charge in [0.05, 0.1) is 11.8 Å². The highest BCUT2D eigenvalue weighted by Gasteiger charge is 2.26. The summed E-state index contributed by atoms with van der Waals surface area (Å²) in [7, 11) is 0. The molecular weight excluding hydrogens is 482 g/mol. The number of nitrogens with one attached hydrogen (secondary N) is 2. The van der Waals surface area contributed by atoms with Gasteiger partial charge in [-0.15, -0.1) is 0 Å². The predicted octanol–water partition coefficient (Wildman–Crippen LogP) is 2.36. The molecule has 10 nitrogen and oxygen atoms in total. The van der Waals surface area contributed by atoms with Crippen molar-refractivity contribution < 1.29 is 48.3 Å². The van der Waals surface area contributed by atoms with E-state index >= 15 is 0 Å². The summed E-state index contributed by atoms with van der Waals surface area (Å²) in [4.78, 5) is 30.6. The molecule has 0 fully saturated rings. The molecule has 36 heavy (non-hydrogen) atoms. The van der Waals surface area contributed by atoms with Crippen LogP contribution in [0.15, 0.2) is 42.5 Å². The number of carboxylic acid groups (broad SMARTS) is 2. The van der Waals surface area contributed by atoms with E-state index in [4.69, 9.17) is 14.9 Å². The lowest BCUT2D eigenvalue weighted by Crippen LogP contribution is -2.43. The van der Waals surface area contributed by atoms with E-state index in [1.807, 2.05) is 13.8 Å². The van der Waals surface area contributed by atoms with Crippen molar-refractivity contribution in [1.82, 2.24) is 5.32 Å². The molecule has 1 aliphatic heterocycles. The zero-order valence-corrected chi connectivity index (χ0v) is 19.4. The van der Waals surface area contributed by atoms with Crippen LogP contribution >= 0.6 is 0 Å². The van der Waals surface area contributed by atoms with Gasteiger partial charge in [0.1, 0.15) is 23.1 Å². The summed E-state index contributed by atoms with van der Waals surface area (Å²) < 4.78 is 32.4. The van der Waals surface area contributed by atoms with Crippen molar-refractivity contribution in [3.05, 3.63) is 65.2 Å². The van der Waals surface area contributed by atoms with Crippen LogP contribution in [0.5, 0.6) is 11.5 Å². The van der Waals surface area contributed by atoms with Gasteiger partial charge in [0.2, 0.25) is 0 Å². The fourth-order valence-corrected chi connectivity index (χ4v) is 3.29. The number of ether oxygens (including phenoxy) is 1. The maximum absolute atomic E-state index is 13.9. The molecule has 0 saturated heterocycles. The smallest absolute Gasteiger partial charge is 0.328 e. The summed E-state index contributed by atoms with van der Waals surface area (Å²) in [6, 6.07) is 6.15. The Kier molecular flexibility index (Phi) is 9.47. The summed E-state index contributed by atoms with van der Waals surface area (Å²) >= 11 is 0. The lowest BCUT2D eigenvalue weighted by molar-refractivity contribution is -0.134. The number of halogens is 2. The molecule has 0 saturated carbocycles. The van der Waals surface area contributed by atoms with Crippen molar-refractivity contribution >= 4 is 23.5 Å². The molecule has 0 spiro atoms. The minimum atomic E-state index is -1.26. The minimum Gasteiger partial charge on any atom is -0.508 e. The largest absolute Gasteiger partial charge is 0.508 e. The van der Waals surface area contributed by atoms with E-state index in [1.54, 1.807) is 0 Å². The van der Waals surface area contributed by atoms with Crippen molar-refractivity contribution in [2.24, 2.45) is 0 Å². The van der Waals surface area contributed by atoms with E-state index in [-0.39, 0.29) is 36.9 Å². The molecule has 1 atom stereocenters.